The van der Waals surface area contributed by atoms with E-state index in [1.165, 1.54) is 17.1 Å². The largest absolute Gasteiger partial charge is 0.456 e. The minimum Gasteiger partial charge on any atom is -0.456 e. The van der Waals surface area contributed by atoms with Crippen molar-refractivity contribution in [3.8, 4) is 5.82 Å². The van der Waals surface area contributed by atoms with Gasteiger partial charge in [0.05, 0.1) is 29.2 Å². The number of carbonyl (C=O) groups excluding carboxylic acids is 2. The van der Waals surface area contributed by atoms with Gasteiger partial charge in [0.15, 0.2) is 5.82 Å². The van der Waals surface area contributed by atoms with Crippen LogP contribution in [0.3, 0.4) is 0 Å². The van der Waals surface area contributed by atoms with Crippen LogP contribution in [0.25, 0.3) is 5.82 Å². The third-order valence-electron chi connectivity index (χ3n) is 6.90. The van der Waals surface area contributed by atoms with Crippen molar-refractivity contribution in [3.05, 3.63) is 36.2 Å². The Bertz CT molecular complexity index is 994. The molecule has 0 N–H and O–H groups in total. The number of cyclic esters (lactones) is 1. The Morgan fingerprint density at radius 2 is 2.03 bits per heavy atom. The molecule has 2 aliphatic heterocycles. The number of likely N-dealkylation sites (tertiary alicyclic amines) is 1. The summed E-state index contributed by atoms with van der Waals surface area (Å²) in [6.45, 7) is 2.28. The van der Waals surface area contributed by atoms with E-state index in [9.17, 15) is 9.59 Å². The molecule has 10 nitrogen and oxygen atoms in total. The molecule has 2 fully saturated rings. The molecule has 4 heterocycles. The Morgan fingerprint density at radius 3 is 2.68 bits per heavy atom. The Labute approximate surface area is 179 Å². The van der Waals surface area contributed by atoms with Crippen molar-refractivity contribution in [2.45, 2.75) is 57.9 Å². The van der Waals surface area contributed by atoms with E-state index < -0.39 is 0 Å². The zero-order valence-corrected chi connectivity index (χ0v) is 17.5. The molecule has 1 atom stereocenters. The van der Waals surface area contributed by atoms with Gasteiger partial charge in [-0.25, -0.2) is 9.78 Å². The fourth-order valence-electron chi connectivity index (χ4n) is 5.27. The third-order valence-corrected chi connectivity index (χ3v) is 6.90. The van der Waals surface area contributed by atoms with Crippen LogP contribution < -0.4 is 0 Å². The van der Waals surface area contributed by atoms with Crippen molar-refractivity contribution < 1.29 is 14.3 Å². The number of aryl methyl sites for hydroxylation is 1. The molecule has 1 spiro atoms. The van der Waals surface area contributed by atoms with Crippen molar-refractivity contribution in [3.63, 3.8) is 0 Å². The number of rotatable bonds is 5. The Balaban J connectivity index is 1.16. The first-order valence-corrected chi connectivity index (χ1v) is 10.8. The lowest BCUT2D eigenvalue weighted by atomic mass is 9.68. The summed E-state index contributed by atoms with van der Waals surface area (Å²) in [5, 5.41) is 11.0. The number of hydrogen-bond acceptors (Lipinski definition) is 8. The van der Waals surface area contributed by atoms with Crippen molar-refractivity contribution >= 4 is 11.9 Å². The van der Waals surface area contributed by atoms with Gasteiger partial charge in [-0.15, -0.1) is 5.10 Å². The van der Waals surface area contributed by atoms with Gasteiger partial charge in [-0.1, -0.05) is 0 Å². The predicted octanol–water partition coefficient (Wildman–Crippen LogP) is 1.62. The molecular formula is C21H25N7O3. The molecule has 0 bridgehead atoms. The number of hydrogen-bond donors (Lipinski definition) is 0. The number of ether oxygens (including phenoxy) is 1. The van der Waals surface area contributed by atoms with Gasteiger partial charge in [0.1, 0.15) is 12.9 Å². The van der Waals surface area contributed by atoms with E-state index >= 15 is 0 Å². The summed E-state index contributed by atoms with van der Waals surface area (Å²) in [6, 6.07) is 0.110. The predicted molar refractivity (Wildman–Crippen MR) is 107 cm³/mol. The minimum atomic E-state index is -0.353. The Kier molecular flexibility index (Phi) is 4.99. The lowest BCUT2D eigenvalue weighted by Gasteiger charge is -2.35. The zero-order chi connectivity index (χ0) is 21.4. The van der Waals surface area contributed by atoms with Gasteiger partial charge in [0.2, 0.25) is 5.91 Å². The normalized spacial score (nSPS) is 28.3. The molecule has 162 valence electrons. The van der Waals surface area contributed by atoms with Gasteiger partial charge in [-0.3, -0.25) is 9.78 Å². The summed E-state index contributed by atoms with van der Waals surface area (Å²) in [4.78, 5) is 35.4. The molecule has 31 heavy (non-hydrogen) atoms. The van der Waals surface area contributed by atoms with Gasteiger partial charge in [0.25, 0.3) is 0 Å². The van der Waals surface area contributed by atoms with Gasteiger partial charge in [0, 0.05) is 12.1 Å². The molecule has 1 saturated carbocycles. The lowest BCUT2D eigenvalue weighted by molar-refractivity contribution is -0.138. The van der Waals surface area contributed by atoms with Crippen molar-refractivity contribution in [1.82, 2.24) is 35.1 Å². The molecule has 2 aromatic heterocycles. The summed E-state index contributed by atoms with van der Waals surface area (Å²) in [5.74, 6) is 0.997. The van der Waals surface area contributed by atoms with E-state index in [4.69, 9.17) is 4.74 Å². The summed E-state index contributed by atoms with van der Waals surface area (Å²) < 4.78 is 6.50. The highest BCUT2D eigenvalue weighted by Gasteiger charge is 2.52. The fourth-order valence-corrected chi connectivity index (χ4v) is 5.27. The molecular weight excluding hydrogens is 398 g/mol. The molecule has 1 amide bonds. The summed E-state index contributed by atoms with van der Waals surface area (Å²) in [6.07, 6.45) is 13.1. The zero-order valence-electron chi connectivity index (χ0n) is 17.5. The van der Waals surface area contributed by atoms with E-state index in [1.54, 1.807) is 12.4 Å². The molecule has 10 heteroatoms. The first-order chi connectivity index (χ1) is 15.0. The van der Waals surface area contributed by atoms with Crippen LogP contribution in [0.2, 0.25) is 0 Å². The van der Waals surface area contributed by atoms with E-state index in [0.717, 1.165) is 50.6 Å². The van der Waals surface area contributed by atoms with Crippen molar-refractivity contribution in [1.29, 1.82) is 0 Å². The number of esters is 1. The van der Waals surface area contributed by atoms with E-state index in [2.05, 4.69) is 32.4 Å². The highest BCUT2D eigenvalue weighted by molar-refractivity contribution is 5.91. The van der Waals surface area contributed by atoms with Gasteiger partial charge in [-0.05, 0) is 68.2 Å². The van der Waals surface area contributed by atoms with E-state index in [1.807, 2.05) is 4.90 Å². The Morgan fingerprint density at radius 1 is 1.19 bits per heavy atom. The summed E-state index contributed by atoms with van der Waals surface area (Å²) >= 11 is 0. The second-order valence-electron chi connectivity index (χ2n) is 8.85. The number of carbonyl (C=O) groups is 2. The van der Waals surface area contributed by atoms with Crippen LogP contribution in [0.1, 0.15) is 51.1 Å². The average molecular weight is 423 g/mol. The molecule has 1 aliphatic carbocycles. The summed E-state index contributed by atoms with van der Waals surface area (Å²) in [5.41, 5.74) is 1.38. The molecule has 0 aromatic carbocycles. The number of tetrazole rings is 1. The van der Waals surface area contributed by atoms with Crippen LogP contribution >= 0.6 is 0 Å². The molecule has 2 aromatic rings. The second kappa shape index (κ2) is 7.82. The maximum absolute atomic E-state index is 13.3. The number of nitrogens with zero attached hydrogens (tertiary/aromatic N) is 7. The summed E-state index contributed by atoms with van der Waals surface area (Å²) in [7, 11) is 0. The maximum Gasteiger partial charge on any atom is 0.333 e. The lowest BCUT2D eigenvalue weighted by Crippen LogP contribution is -2.38. The maximum atomic E-state index is 13.3. The molecule has 1 unspecified atom stereocenters. The smallest absolute Gasteiger partial charge is 0.333 e. The minimum absolute atomic E-state index is 0.110. The SMILES string of the molecule is CC1CC2(CCC(CCc3cnc(-n4cnnn4)cn3)CC2)C(=O)N1C1=CC(=O)OC1. The van der Waals surface area contributed by atoms with Crippen LogP contribution in [-0.2, 0) is 20.7 Å². The number of aromatic nitrogens is 6. The van der Waals surface area contributed by atoms with Crippen LogP contribution in [0.15, 0.2) is 30.5 Å². The van der Waals surface area contributed by atoms with Gasteiger partial charge >= 0.3 is 5.97 Å². The van der Waals surface area contributed by atoms with Crippen LogP contribution in [0.5, 0.6) is 0 Å². The quantitative estimate of drug-likeness (QED) is 0.666. The average Bonchev–Trinajstić information content (AvgIpc) is 3.50. The monoisotopic (exact) mass is 423 g/mol. The van der Waals surface area contributed by atoms with Crippen LogP contribution in [-0.4, -0.2) is 59.6 Å². The van der Waals surface area contributed by atoms with E-state index in [-0.39, 0.29) is 29.9 Å². The Hall–Kier alpha value is -3.17. The van der Waals surface area contributed by atoms with E-state index in [0.29, 0.717) is 17.4 Å². The highest BCUT2D eigenvalue weighted by Crippen LogP contribution is 2.50. The number of amides is 1. The standard InChI is InChI=1S/C21H25N7O3/c1-14-9-21(20(30)28(14)17-8-19(29)31-12-17)6-4-15(5-7-21)2-3-16-10-23-18(11-22-16)27-13-24-25-26-27/h8,10-11,13-15H,2-7,9,12H2,1H3. The van der Waals surface area contributed by atoms with Crippen molar-refractivity contribution in [2.75, 3.05) is 6.61 Å². The van der Waals surface area contributed by atoms with Gasteiger partial charge in [-0.2, -0.15) is 4.68 Å². The molecule has 1 saturated heterocycles. The van der Waals surface area contributed by atoms with Crippen molar-refractivity contribution in [2.24, 2.45) is 11.3 Å². The van der Waals surface area contributed by atoms with Crippen LogP contribution in [0.4, 0.5) is 0 Å². The third kappa shape index (κ3) is 3.70. The topological polar surface area (TPSA) is 116 Å². The second-order valence-corrected chi connectivity index (χ2v) is 8.85. The van der Waals surface area contributed by atoms with Gasteiger partial charge < -0.3 is 9.64 Å². The van der Waals surface area contributed by atoms with Crippen LogP contribution in [0, 0.1) is 11.3 Å². The first-order valence-electron chi connectivity index (χ1n) is 10.8. The first kappa shape index (κ1) is 19.8. The molecule has 0 radical (unpaired) electrons. The fraction of sp³-hybridized carbons (Fsp3) is 0.571. The molecule has 3 aliphatic rings. The molecule has 5 rings (SSSR count). The highest BCUT2D eigenvalue weighted by atomic mass is 16.5.